The van der Waals surface area contributed by atoms with E-state index in [1.54, 1.807) is 12.2 Å². The summed E-state index contributed by atoms with van der Waals surface area (Å²) in [6.45, 7) is -2.21. The summed E-state index contributed by atoms with van der Waals surface area (Å²) in [5.41, 5.74) is 0. The van der Waals surface area contributed by atoms with E-state index in [1.807, 2.05) is 0 Å². The molecule has 0 radical (unpaired) electrons. The highest BCUT2D eigenvalue weighted by atomic mass is 19.4. The van der Waals surface area contributed by atoms with Gasteiger partial charge in [0.05, 0.1) is 13.1 Å². The van der Waals surface area contributed by atoms with Crippen LogP contribution in [0.2, 0.25) is 0 Å². The SMILES string of the molecule is CCCN(CC(F)(F)F)C(=O)CNCC(F)(F)F. The predicted molar refractivity (Wildman–Crippen MR) is 51.9 cm³/mol. The van der Waals surface area contributed by atoms with E-state index in [-0.39, 0.29) is 6.54 Å². The third kappa shape index (κ3) is 9.08. The quantitative estimate of drug-likeness (QED) is 0.754. The molecule has 108 valence electrons. The Kier molecular flexibility index (Phi) is 6.44. The Morgan fingerprint density at radius 3 is 2.06 bits per heavy atom. The number of alkyl halides is 6. The maximum atomic E-state index is 12.1. The van der Waals surface area contributed by atoms with Gasteiger partial charge in [0.25, 0.3) is 0 Å². The Bertz CT molecular complexity index is 263. The summed E-state index contributed by atoms with van der Waals surface area (Å²) in [4.78, 5) is 11.8. The van der Waals surface area contributed by atoms with Crippen molar-refractivity contribution in [2.24, 2.45) is 0 Å². The molecule has 18 heavy (non-hydrogen) atoms. The van der Waals surface area contributed by atoms with Gasteiger partial charge in [0.1, 0.15) is 6.54 Å². The molecule has 1 amide bonds. The molecule has 0 aromatic carbocycles. The summed E-state index contributed by atoms with van der Waals surface area (Å²) in [7, 11) is 0. The molecule has 0 aliphatic carbocycles. The van der Waals surface area contributed by atoms with Crippen molar-refractivity contribution in [3.05, 3.63) is 0 Å². The topological polar surface area (TPSA) is 32.3 Å². The molecule has 0 heterocycles. The smallest absolute Gasteiger partial charge is 0.332 e. The van der Waals surface area contributed by atoms with E-state index >= 15 is 0 Å². The van der Waals surface area contributed by atoms with Crippen molar-refractivity contribution in [3.8, 4) is 0 Å². The van der Waals surface area contributed by atoms with E-state index < -0.39 is 37.9 Å². The van der Waals surface area contributed by atoms with Gasteiger partial charge in [-0.25, -0.2) is 0 Å². The van der Waals surface area contributed by atoms with E-state index in [0.717, 1.165) is 0 Å². The molecule has 0 unspecified atom stereocenters. The summed E-state index contributed by atoms with van der Waals surface area (Å²) >= 11 is 0. The minimum atomic E-state index is -4.56. The van der Waals surface area contributed by atoms with Crippen LogP contribution in [-0.4, -0.2) is 49.3 Å². The molecule has 0 saturated carbocycles. The van der Waals surface area contributed by atoms with Crippen LogP contribution in [-0.2, 0) is 4.79 Å². The second-order valence-corrected chi connectivity index (χ2v) is 3.65. The number of rotatable bonds is 6. The number of nitrogens with zero attached hydrogens (tertiary/aromatic N) is 1. The zero-order valence-electron chi connectivity index (χ0n) is 9.66. The van der Waals surface area contributed by atoms with Gasteiger partial charge in [0.2, 0.25) is 5.91 Å². The molecule has 0 aliphatic rings. The van der Waals surface area contributed by atoms with E-state index in [2.05, 4.69) is 0 Å². The number of amides is 1. The highest BCUT2D eigenvalue weighted by molar-refractivity contribution is 5.78. The van der Waals surface area contributed by atoms with Gasteiger partial charge in [-0.3, -0.25) is 4.79 Å². The zero-order valence-corrected chi connectivity index (χ0v) is 9.66. The Labute approximate surface area is 100 Å². The van der Waals surface area contributed by atoms with E-state index in [0.29, 0.717) is 11.3 Å². The molecule has 0 saturated heterocycles. The molecule has 0 aromatic heterocycles. The third-order valence-electron chi connectivity index (χ3n) is 1.82. The fourth-order valence-corrected chi connectivity index (χ4v) is 1.20. The van der Waals surface area contributed by atoms with Crippen LogP contribution in [0.5, 0.6) is 0 Å². The van der Waals surface area contributed by atoms with Crippen LogP contribution in [0.25, 0.3) is 0 Å². The first-order valence-electron chi connectivity index (χ1n) is 5.17. The molecule has 0 atom stereocenters. The lowest BCUT2D eigenvalue weighted by molar-refractivity contribution is -0.161. The molecular weight excluding hydrogens is 266 g/mol. The zero-order chi connectivity index (χ0) is 14.4. The van der Waals surface area contributed by atoms with Crippen molar-refractivity contribution in [2.45, 2.75) is 25.7 Å². The van der Waals surface area contributed by atoms with Crippen molar-refractivity contribution in [1.29, 1.82) is 0 Å². The Morgan fingerprint density at radius 1 is 1.11 bits per heavy atom. The summed E-state index contributed by atoms with van der Waals surface area (Å²) in [6, 6.07) is 0. The fourth-order valence-electron chi connectivity index (χ4n) is 1.20. The van der Waals surface area contributed by atoms with Crippen molar-refractivity contribution >= 4 is 5.91 Å². The maximum Gasteiger partial charge on any atom is 0.406 e. The number of hydrogen-bond donors (Lipinski definition) is 1. The second kappa shape index (κ2) is 6.81. The maximum absolute atomic E-state index is 12.1. The number of carbonyl (C=O) groups is 1. The predicted octanol–water partition coefficient (Wildman–Crippen LogP) is 1.94. The molecular formula is C9H14F6N2O. The first-order chi connectivity index (χ1) is 8.05. The number of hydrogen-bond acceptors (Lipinski definition) is 2. The Balaban J connectivity index is 4.23. The minimum absolute atomic E-state index is 0.147. The lowest BCUT2D eigenvalue weighted by Gasteiger charge is -2.23. The average Bonchev–Trinajstić information content (AvgIpc) is 2.12. The van der Waals surface area contributed by atoms with Crippen LogP contribution in [0.15, 0.2) is 0 Å². The summed E-state index contributed by atoms with van der Waals surface area (Å²) in [6.07, 6.45) is -8.77. The standard InChI is InChI=1S/C9H14F6N2O/c1-2-3-17(6-9(13,14)15)7(18)4-16-5-8(10,11)12/h16H,2-6H2,1H3. The van der Waals surface area contributed by atoms with Gasteiger partial charge in [-0.05, 0) is 6.42 Å². The van der Waals surface area contributed by atoms with Crippen molar-refractivity contribution in [3.63, 3.8) is 0 Å². The molecule has 0 aromatic rings. The molecule has 0 bridgehead atoms. The first-order valence-corrected chi connectivity index (χ1v) is 5.17. The van der Waals surface area contributed by atoms with Crippen molar-refractivity contribution in [1.82, 2.24) is 10.2 Å². The van der Waals surface area contributed by atoms with Crippen molar-refractivity contribution in [2.75, 3.05) is 26.2 Å². The van der Waals surface area contributed by atoms with Crippen LogP contribution >= 0.6 is 0 Å². The molecule has 0 spiro atoms. The third-order valence-corrected chi connectivity index (χ3v) is 1.82. The van der Waals surface area contributed by atoms with Gasteiger partial charge in [-0.1, -0.05) is 6.92 Å². The fraction of sp³-hybridized carbons (Fsp3) is 0.889. The second-order valence-electron chi connectivity index (χ2n) is 3.65. The van der Waals surface area contributed by atoms with Gasteiger partial charge in [0, 0.05) is 6.54 Å². The van der Waals surface area contributed by atoms with Gasteiger partial charge in [-0.15, -0.1) is 0 Å². The van der Waals surface area contributed by atoms with Gasteiger partial charge < -0.3 is 10.2 Å². The lowest BCUT2D eigenvalue weighted by atomic mass is 10.3. The highest BCUT2D eigenvalue weighted by Crippen LogP contribution is 2.17. The van der Waals surface area contributed by atoms with Crippen LogP contribution in [0.3, 0.4) is 0 Å². The van der Waals surface area contributed by atoms with Crippen LogP contribution in [0.1, 0.15) is 13.3 Å². The lowest BCUT2D eigenvalue weighted by Crippen LogP contribution is -2.45. The van der Waals surface area contributed by atoms with E-state index in [1.165, 1.54) is 0 Å². The van der Waals surface area contributed by atoms with Crippen LogP contribution in [0.4, 0.5) is 26.3 Å². The summed E-state index contributed by atoms with van der Waals surface area (Å²) in [5, 5.41) is 1.77. The number of halogens is 6. The monoisotopic (exact) mass is 280 g/mol. The summed E-state index contributed by atoms with van der Waals surface area (Å²) < 4.78 is 71.6. The first kappa shape index (κ1) is 17.0. The highest BCUT2D eigenvalue weighted by Gasteiger charge is 2.33. The average molecular weight is 280 g/mol. The number of carbonyl (C=O) groups excluding carboxylic acids is 1. The molecule has 1 N–H and O–H groups in total. The van der Waals surface area contributed by atoms with E-state index in [4.69, 9.17) is 0 Å². The Hall–Kier alpha value is -0.990. The molecule has 0 rings (SSSR count). The normalized spacial score (nSPS) is 12.6. The molecule has 3 nitrogen and oxygen atoms in total. The number of nitrogens with one attached hydrogen (secondary N) is 1. The minimum Gasteiger partial charge on any atom is -0.332 e. The van der Waals surface area contributed by atoms with Crippen LogP contribution in [0, 0.1) is 0 Å². The molecule has 0 aliphatic heterocycles. The van der Waals surface area contributed by atoms with Gasteiger partial charge in [-0.2, -0.15) is 26.3 Å². The van der Waals surface area contributed by atoms with Crippen molar-refractivity contribution < 1.29 is 31.1 Å². The Morgan fingerprint density at radius 2 is 1.67 bits per heavy atom. The summed E-state index contributed by atoms with van der Waals surface area (Å²) in [5.74, 6) is -1.00. The largest absolute Gasteiger partial charge is 0.406 e. The van der Waals surface area contributed by atoms with Crippen LogP contribution < -0.4 is 5.32 Å². The molecule has 9 heteroatoms. The van der Waals surface area contributed by atoms with E-state index in [9.17, 15) is 31.1 Å². The van der Waals surface area contributed by atoms with Gasteiger partial charge in [0.15, 0.2) is 0 Å². The molecule has 0 fully saturated rings. The van der Waals surface area contributed by atoms with Gasteiger partial charge >= 0.3 is 12.4 Å².